The number of hydrogen-bond donors (Lipinski definition) is 2. The van der Waals surface area contributed by atoms with Crippen molar-refractivity contribution in [3.8, 4) is 0 Å². The number of sulfonamides is 1. The fraction of sp³-hybridized carbons (Fsp3) is 0.909. The van der Waals surface area contributed by atoms with E-state index in [4.69, 9.17) is 5.11 Å². The van der Waals surface area contributed by atoms with Crippen LogP contribution < -0.4 is 4.72 Å². The molecule has 3 unspecified atom stereocenters. The maximum atomic E-state index is 11.8. The summed E-state index contributed by atoms with van der Waals surface area (Å²) in [5, 5.41) is 7.38. The quantitative estimate of drug-likeness (QED) is 0.755. The lowest BCUT2D eigenvalue weighted by molar-refractivity contribution is -0.136. The molecule has 0 amide bonds. The van der Waals surface area contributed by atoms with Gasteiger partial charge in [0.05, 0.1) is 0 Å². The molecule has 0 aromatic carbocycles. The molecule has 0 aromatic heterocycles. The van der Waals surface area contributed by atoms with Crippen LogP contribution in [0.1, 0.15) is 32.6 Å². The van der Waals surface area contributed by atoms with E-state index in [1.165, 1.54) is 13.3 Å². The van der Waals surface area contributed by atoms with Crippen LogP contribution in [0.4, 0.5) is 0 Å². The number of carboxylic acid groups (broad SMARTS) is 1. The van der Waals surface area contributed by atoms with Gasteiger partial charge in [-0.15, -0.1) is 0 Å². The lowest BCUT2D eigenvalue weighted by atomic mass is 9.99. The summed E-state index contributed by atoms with van der Waals surface area (Å²) in [5.74, 6) is -1.30. The molecule has 0 radical (unpaired) electrons. The average molecular weight is 276 g/mol. The highest BCUT2D eigenvalue weighted by molar-refractivity contribution is 7.90. The summed E-state index contributed by atoms with van der Waals surface area (Å²) in [6.07, 6.45) is 3.86. The third-order valence-corrected chi connectivity index (χ3v) is 5.76. The molecule has 2 N–H and O–H groups in total. The minimum atomic E-state index is -3.76. The predicted octanol–water partition coefficient (Wildman–Crippen LogP) is 0.00570. The number of carboxylic acids is 1. The Bertz CT molecular complexity index is 423. The van der Waals surface area contributed by atoms with Crippen LogP contribution in [0.2, 0.25) is 0 Å². The summed E-state index contributed by atoms with van der Waals surface area (Å²) >= 11 is 0. The first-order chi connectivity index (χ1) is 8.40. The SMILES string of the molecule is CC(C(=O)O)S(=O)(=O)NC1CCN2CCCC2C1. The van der Waals surface area contributed by atoms with E-state index in [2.05, 4.69) is 9.62 Å². The van der Waals surface area contributed by atoms with E-state index >= 15 is 0 Å². The molecule has 18 heavy (non-hydrogen) atoms. The van der Waals surface area contributed by atoms with Crippen molar-refractivity contribution in [2.45, 2.75) is 49.9 Å². The number of carbonyl (C=O) groups is 1. The molecule has 0 saturated carbocycles. The standard InChI is InChI=1S/C11H20N2O4S/c1-8(11(14)15)18(16,17)12-9-4-6-13-5-2-3-10(13)7-9/h8-10,12H,2-7H2,1H3,(H,14,15). The zero-order valence-electron chi connectivity index (χ0n) is 10.5. The number of piperidine rings is 1. The molecule has 2 heterocycles. The van der Waals surface area contributed by atoms with Gasteiger partial charge in [-0.2, -0.15) is 0 Å². The maximum Gasteiger partial charge on any atom is 0.323 e. The van der Waals surface area contributed by atoms with Crippen molar-refractivity contribution in [2.75, 3.05) is 13.1 Å². The normalized spacial score (nSPS) is 30.9. The lowest BCUT2D eigenvalue weighted by Gasteiger charge is -2.35. The molecule has 2 saturated heterocycles. The Morgan fingerprint density at radius 2 is 2.11 bits per heavy atom. The third-order valence-electron chi connectivity index (χ3n) is 3.96. The minimum absolute atomic E-state index is 0.115. The Morgan fingerprint density at radius 1 is 1.39 bits per heavy atom. The first-order valence-electron chi connectivity index (χ1n) is 6.38. The van der Waals surface area contributed by atoms with Crippen LogP contribution >= 0.6 is 0 Å². The Labute approximate surface area is 107 Å². The second kappa shape index (κ2) is 5.14. The van der Waals surface area contributed by atoms with Gasteiger partial charge in [0.25, 0.3) is 0 Å². The van der Waals surface area contributed by atoms with Crippen molar-refractivity contribution in [2.24, 2.45) is 0 Å². The second-order valence-electron chi connectivity index (χ2n) is 5.20. The number of hydrogen-bond acceptors (Lipinski definition) is 4. The molecule has 6 nitrogen and oxygen atoms in total. The molecule has 0 spiro atoms. The molecule has 104 valence electrons. The fourth-order valence-corrected chi connectivity index (χ4v) is 3.95. The smallest absolute Gasteiger partial charge is 0.323 e. The molecule has 0 bridgehead atoms. The zero-order valence-corrected chi connectivity index (χ0v) is 11.3. The van der Waals surface area contributed by atoms with Gasteiger partial charge in [-0.05, 0) is 45.7 Å². The minimum Gasteiger partial charge on any atom is -0.480 e. The Morgan fingerprint density at radius 3 is 2.78 bits per heavy atom. The van der Waals surface area contributed by atoms with Crippen molar-refractivity contribution in [1.82, 2.24) is 9.62 Å². The van der Waals surface area contributed by atoms with Crippen LogP contribution in [0.5, 0.6) is 0 Å². The van der Waals surface area contributed by atoms with E-state index in [-0.39, 0.29) is 6.04 Å². The van der Waals surface area contributed by atoms with Crippen LogP contribution in [-0.4, -0.2) is 54.8 Å². The van der Waals surface area contributed by atoms with E-state index in [9.17, 15) is 13.2 Å². The van der Waals surface area contributed by atoms with Gasteiger partial charge in [0, 0.05) is 12.1 Å². The molecule has 2 rings (SSSR count). The van der Waals surface area contributed by atoms with E-state index < -0.39 is 21.2 Å². The molecular formula is C11H20N2O4S. The van der Waals surface area contributed by atoms with Gasteiger partial charge in [0.15, 0.2) is 5.25 Å². The number of fused-ring (bicyclic) bond motifs is 1. The van der Waals surface area contributed by atoms with Crippen LogP contribution in [-0.2, 0) is 14.8 Å². The summed E-state index contributed by atoms with van der Waals surface area (Å²) in [5.41, 5.74) is 0. The van der Waals surface area contributed by atoms with Gasteiger partial charge in [-0.1, -0.05) is 0 Å². The zero-order chi connectivity index (χ0) is 13.3. The largest absolute Gasteiger partial charge is 0.480 e. The summed E-state index contributed by atoms with van der Waals surface area (Å²) in [7, 11) is -3.76. The first-order valence-corrected chi connectivity index (χ1v) is 7.93. The summed E-state index contributed by atoms with van der Waals surface area (Å²) < 4.78 is 26.2. The van der Waals surface area contributed by atoms with Gasteiger partial charge in [-0.3, -0.25) is 4.79 Å². The van der Waals surface area contributed by atoms with Crippen LogP contribution in [0.15, 0.2) is 0 Å². The lowest BCUT2D eigenvalue weighted by Crippen LogP contribution is -2.50. The Balaban J connectivity index is 1.95. The second-order valence-corrected chi connectivity index (χ2v) is 7.23. The summed E-state index contributed by atoms with van der Waals surface area (Å²) in [6.45, 7) is 3.21. The van der Waals surface area contributed by atoms with Crippen LogP contribution in [0, 0.1) is 0 Å². The highest BCUT2D eigenvalue weighted by Crippen LogP contribution is 2.27. The molecule has 0 aliphatic carbocycles. The summed E-state index contributed by atoms with van der Waals surface area (Å²) in [6, 6.07) is 0.350. The van der Waals surface area contributed by atoms with Crippen molar-refractivity contribution < 1.29 is 18.3 Å². The highest BCUT2D eigenvalue weighted by Gasteiger charge is 2.35. The Hall–Kier alpha value is -0.660. The number of aliphatic carboxylic acids is 1. The first kappa shape index (κ1) is 13.8. The molecule has 2 aliphatic rings. The number of nitrogens with zero attached hydrogens (tertiary/aromatic N) is 1. The maximum absolute atomic E-state index is 11.8. The van der Waals surface area contributed by atoms with Gasteiger partial charge in [0.2, 0.25) is 10.0 Å². The van der Waals surface area contributed by atoms with Gasteiger partial charge < -0.3 is 10.0 Å². The van der Waals surface area contributed by atoms with Crippen LogP contribution in [0.25, 0.3) is 0 Å². The van der Waals surface area contributed by atoms with E-state index in [1.807, 2.05) is 0 Å². The molecule has 2 fully saturated rings. The van der Waals surface area contributed by atoms with Crippen molar-refractivity contribution in [3.63, 3.8) is 0 Å². The predicted molar refractivity (Wildman–Crippen MR) is 66.8 cm³/mol. The molecular weight excluding hydrogens is 256 g/mol. The third kappa shape index (κ3) is 2.84. The molecule has 3 atom stereocenters. The van der Waals surface area contributed by atoms with E-state index in [0.29, 0.717) is 6.04 Å². The number of nitrogens with one attached hydrogen (secondary N) is 1. The molecule has 7 heteroatoms. The van der Waals surface area contributed by atoms with Gasteiger partial charge >= 0.3 is 5.97 Å². The fourth-order valence-electron chi connectivity index (χ4n) is 2.80. The monoisotopic (exact) mass is 276 g/mol. The molecule has 0 aromatic rings. The Kier molecular flexibility index (Phi) is 3.93. The highest BCUT2D eigenvalue weighted by atomic mass is 32.2. The van der Waals surface area contributed by atoms with Crippen molar-refractivity contribution >= 4 is 16.0 Å². The van der Waals surface area contributed by atoms with E-state index in [0.717, 1.165) is 32.4 Å². The van der Waals surface area contributed by atoms with Crippen LogP contribution in [0.3, 0.4) is 0 Å². The van der Waals surface area contributed by atoms with E-state index in [1.54, 1.807) is 0 Å². The average Bonchev–Trinajstić information content (AvgIpc) is 2.74. The summed E-state index contributed by atoms with van der Waals surface area (Å²) in [4.78, 5) is 13.1. The topological polar surface area (TPSA) is 86.7 Å². The van der Waals surface area contributed by atoms with Gasteiger partial charge in [0.1, 0.15) is 0 Å². The number of rotatable bonds is 4. The van der Waals surface area contributed by atoms with Crippen molar-refractivity contribution in [1.29, 1.82) is 0 Å². The van der Waals surface area contributed by atoms with Crippen molar-refractivity contribution in [3.05, 3.63) is 0 Å². The van der Waals surface area contributed by atoms with Gasteiger partial charge in [-0.25, -0.2) is 13.1 Å². The molecule has 2 aliphatic heterocycles.